The molecule has 0 saturated carbocycles. The van der Waals surface area contributed by atoms with Gasteiger partial charge in [0.05, 0.1) is 0 Å². The highest BCUT2D eigenvalue weighted by molar-refractivity contribution is 7.00. The lowest BCUT2D eigenvalue weighted by molar-refractivity contribution is 0.253. The fourth-order valence-corrected chi connectivity index (χ4v) is 92.8. The molecule has 0 aliphatic carbocycles. The third-order valence-electron chi connectivity index (χ3n) is 12.5. The fourth-order valence-electron chi connectivity index (χ4n) is 12.1. The van der Waals surface area contributed by atoms with Crippen molar-refractivity contribution >= 4 is 157 Å². The molecule has 31 heteroatoms. The Labute approximate surface area is 532 Å². The van der Waals surface area contributed by atoms with Crippen LogP contribution in [0.15, 0.2) is 121 Å². The molecule has 0 bridgehead atoms. The van der Waals surface area contributed by atoms with Gasteiger partial charge in [-0.3, -0.25) is 0 Å². The van der Waals surface area contributed by atoms with Gasteiger partial charge in [-0.1, -0.05) is 121 Å². The van der Waals surface area contributed by atoms with Gasteiger partial charge in [-0.15, -0.1) is 0 Å². The van der Waals surface area contributed by atoms with Crippen LogP contribution in [-0.2, 0) is 61.7 Å². The normalized spacial score (nSPS) is 16.6. The molecule has 0 aliphatic heterocycles. The number of benzene rings is 4. The molecular weight excluding hydrogens is 1340 g/mol. The first-order valence-electron chi connectivity index (χ1n) is 29.8. The third-order valence-corrected chi connectivity index (χ3v) is 75.5. The van der Waals surface area contributed by atoms with Crippen molar-refractivity contribution in [3.8, 4) is 0 Å². The molecule has 480 valence electrons. The summed E-state index contributed by atoms with van der Waals surface area (Å²) in [5.74, 6) is 0. The monoisotopic (exact) mass is 1450 g/mol. The predicted octanol–water partition coefficient (Wildman–Crippen LogP) is 13.8. The largest absolute Gasteiger partial charge is 0.437 e. The van der Waals surface area contributed by atoms with Crippen LogP contribution in [0.4, 0.5) is 0 Å². The summed E-state index contributed by atoms with van der Waals surface area (Å²) in [6.07, 6.45) is 0. The van der Waals surface area contributed by atoms with Crippen molar-refractivity contribution in [3.63, 3.8) is 0 Å². The summed E-state index contributed by atoms with van der Waals surface area (Å²) in [4.78, 5) is 0. The molecule has 0 radical (unpaired) electrons. The lowest BCUT2D eigenvalue weighted by Crippen LogP contribution is -2.68. The van der Waals surface area contributed by atoms with E-state index in [9.17, 15) is 0 Å². The van der Waals surface area contributed by atoms with Gasteiger partial charge in [0, 0.05) is 0 Å². The van der Waals surface area contributed by atoms with E-state index in [0.29, 0.717) is 0 Å². The zero-order chi connectivity index (χ0) is 65.1. The number of hydrogen-bond donors (Lipinski definition) is 0. The van der Waals surface area contributed by atoms with E-state index in [1.807, 2.05) is 60.7 Å². The summed E-state index contributed by atoms with van der Waals surface area (Å²) in [7, 11) is -46.0. The molecule has 0 spiro atoms. The molecule has 3 unspecified atom stereocenters. The summed E-state index contributed by atoms with van der Waals surface area (Å²) < 4.78 is 107. The van der Waals surface area contributed by atoms with E-state index < -0.39 is 136 Å². The molecule has 3 atom stereocenters. The summed E-state index contributed by atoms with van der Waals surface area (Å²) in [6, 6.07) is 41.3. The molecule has 0 aromatic heterocycles. The first-order chi connectivity index (χ1) is 38.0. The van der Waals surface area contributed by atoms with Crippen LogP contribution in [0.2, 0.25) is 196 Å². The lowest BCUT2D eigenvalue weighted by atomic mass is 10.4. The van der Waals surface area contributed by atoms with Gasteiger partial charge in [-0.05, 0) is 217 Å². The molecule has 0 aliphatic rings. The zero-order valence-electron chi connectivity index (χ0n) is 57.7. The van der Waals surface area contributed by atoms with Gasteiger partial charge in [-0.2, -0.15) is 0 Å². The minimum absolute atomic E-state index is 0.976. The van der Waals surface area contributed by atoms with Crippen molar-refractivity contribution in [3.05, 3.63) is 121 Å². The molecule has 4 rings (SSSR count). The van der Waals surface area contributed by atoms with Crippen LogP contribution < -0.4 is 20.7 Å². The second-order valence-corrected chi connectivity index (χ2v) is 87.1. The third kappa shape index (κ3) is 26.3. The number of hydrogen-bond acceptors (Lipinski definition) is 15. The lowest BCUT2D eigenvalue weighted by Gasteiger charge is -2.46. The Bertz CT molecular complexity index is 2740. The minimum Gasteiger partial charge on any atom is -0.437 e. The van der Waals surface area contributed by atoms with Crippen LogP contribution in [0, 0.1) is 0 Å². The molecular formula is C54H110O15Si16. The van der Waals surface area contributed by atoms with Gasteiger partial charge in [0.25, 0.3) is 0 Å². The van der Waals surface area contributed by atoms with Crippen molar-refractivity contribution in [2.45, 2.75) is 196 Å². The highest BCUT2D eigenvalue weighted by Crippen LogP contribution is 2.34. The van der Waals surface area contributed by atoms with Crippen molar-refractivity contribution in [2.24, 2.45) is 0 Å². The number of rotatable bonds is 34. The van der Waals surface area contributed by atoms with Crippen LogP contribution in [0.5, 0.6) is 0 Å². The van der Waals surface area contributed by atoms with Crippen LogP contribution >= 0.6 is 0 Å². The quantitative estimate of drug-likeness (QED) is 0.0410. The Balaban J connectivity index is 1.52. The van der Waals surface area contributed by atoms with E-state index in [4.69, 9.17) is 61.7 Å². The maximum absolute atomic E-state index is 7.44. The Hall–Kier alpha value is -0.250. The van der Waals surface area contributed by atoms with E-state index in [-0.39, 0.29) is 0 Å². The first kappa shape index (κ1) is 77.2. The van der Waals surface area contributed by atoms with Crippen molar-refractivity contribution in [1.82, 2.24) is 0 Å². The van der Waals surface area contributed by atoms with Gasteiger partial charge >= 0.3 is 120 Å². The maximum Gasteiger partial charge on any atom is 0.351 e. The Kier molecular flexibility index (Phi) is 25.6. The Morgan fingerprint density at radius 2 is 0.318 bits per heavy atom. The molecule has 85 heavy (non-hydrogen) atoms. The van der Waals surface area contributed by atoms with Crippen LogP contribution in [0.1, 0.15) is 0 Å². The highest BCUT2D eigenvalue weighted by atomic mass is 28.5. The summed E-state index contributed by atoms with van der Waals surface area (Å²) in [5, 5.41) is 4.22. The minimum atomic E-state index is -3.31. The van der Waals surface area contributed by atoms with Crippen molar-refractivity contribution in [1.29, 1.82) is 0 Å². The second kappa shape index (κ2) is 28.1. The molecule has 0 saturated heterocycles. The van der Waals surface area contributed by atoms with E-state index in [1.54, 1.807) is 0 Å². The van der Waals surface area contributed by atoms with Crippen LogP contribution in [0.3, 0.4) is 0 Å². The van der Waals surface area contributed by atoms with E-state index in [2.05, 4.69) is 257 Å². The molecule has 0 N–H and O–H groups in total. The fraction of sp³-hybridized carbons (Fsp3) is 0.556. The Morgan fingerprint density at radius 1 is 0.165 bits per heavy atom. The van der Waals surface area contributed by atoms with Crippen LogP contribution in [-0.4, -0.2) is 136 Å². The van der Waals surface area contributed by atoms with Gasteiger partial charge in [0.15, 0.2) is 8.32 Å². The average Bonchev–Trinajstić information content (AvgIpc) is 1.88. The molecule has 4 aromatic rings. The summed E-state index contributed by atoms with van der Waals surface area (Å²) >= 11 is 0. The molecule has 15 nitrogen and oxygen atoms in total. The van der Waals surface area contributed by atoms with E-state index >= 15 is 0 Å². The smallest absolute Gasteiger partial charge is 0.351 e. The zero-order valence-corrected chi connectivity index (χ0v) is 73.7. The Morgan fingerprint density at radius 3 is 0.518 bits per heavy atom. The van der Waals surface area contributed by atoms with Crippen LogP contribution in [0.25, 0.3) is 0 Å². The second-order valence-electron chi connectivity index (χ2n) is 28.9. The molecule has 0 amide bonds. The molecule has 4 aromatic carbocycles. The molecule has 0 fully saturated rings. The van der Waals surface area contributed by atoms with Crippen molar-refractivity contribution < 1.29 is 61.7 Å². The molecule has 0 heterocycles. The average molecular weight is 1450 g/mol. The maximum atomic E-state index is 7.44. The SMILES string of the molecule is C[Si](C)(C)O[Si](C)(C)O[Si](C)(O[Si](C)(C)O[Si](C)(O[Si](C)(C)O[Si](C)(C)O[Si](C)(C)O[Si](C)(O[Si](C)(C)O[Si](C)(C)O[Si](C)(C)O[Si](C)(C)O[Si](C)(C)O[Si](C)(C)O[Si](C)(C)c1ccccc1)c1ccccc1)c1ccccc1)c1ccccc1. The van der Waals surface area contributed by atoms with Gasteiger partial charge in [0.2, 0.25) is 8.32 Å². The van der Waals surface area contributed by atoms with Gasteiger partial charge in [-0.25, -0.2) is 0 Å². The summed E-state index contributed by atoms with van der Waals surface area (Å²) in [5.41, 5.74) is 0. The standard InChI is InChI=1S/C54H110O15Si16/c1-70(2,3)55-72(6,7)64-83(28,52-45-37-32-38-46-52)68-82(26,27)69-85(30,54-49-41-34-42-50-54)67-81(24,25)63-78(18,19)62-80(22,23)66-84(29,53-47-39-33-40-48-53)65-79(20,21)61-77(16,17)60-76(14,15)59-75(12,13)58-74(10,11)57-73(8,9)56-71(4,5)51-43-35-31-36-44-51/h31-50H,1-30H3. The predicted molar refractivity (Wildman–Crippen MR) is 389 cm³/mol. The van der Waals surface area contributed by atoms with E-state index in [0.717, 1.165) is 15.6 Å². The summed E-state index contributed by atoms with van der Waals surface area (Å²) in [6.45, 7) is 63.4. The topological polar surface area (TPSA) is 138 Å². The van der Waals surface area contributed by atoms with Gasteiger partial charge < -0.3 is 61.7 Å². The van der Waals surface area contributed by atoms with Crippen molar-refractivity contribution in [2.75, 3.05) is 0 Å². The highest BCUT2D eigenvalue weighted by Gasteiger charge is 2.56. The first-order valence-corrected chi connectivity index (χ1v) is 74.0. The van der Waals surface area contributed by atoms with Gasteiger partial charge in [0.1, 0.15) is 0 Å². The van der Waals surface area contributed by atoms with E-state index in [1.165, 1.54) is 5.19 Å².